The number of hydrogen-bond donors (Lipinski definition) is 1. The van der Waals surface area contributed by atoms with Crippen molar-refractivity contribution in [2.45, 2.75) is 6.61 Å². The van der Waals surface area contributed by atoms with Crippen LogP contribution in [0, 0.1) is 0 Å². The Kier molecular flexibility index (Phi) is 7.72. The Bertz CT molecular complexity index is 1290. The van der Waals surface area contributed by atoms with Crippen LogP contribution >= 0.6 is 39.3 Å². The van der Waals surface area contributed by atoms with E-state index in [0.717, 1.165) is 22.9 Å². The maximum atomic E-state index is 12.4. The minimum absolute atomic E-state index is 0.213. The number of nitrogens with zero attached hydrogens (tertiary/aromatic N) is 1. The summed E-state index contributed by atoms with van der Waals surface area (Å²) in [5.74, 6) is 0.275. The van der Waals surface area contributed by atoms with Crippen LogP contribution in [-0.4, -0.2) is 24.1 Å². The highest BCUT2D eigenvalue weighted by molar-refractivity contribution is 9.10. The molecule has 9 heteroatoms. The summed E-state index contributed by atoms with van der Waals surface area (Å²) < 4.78 is 12.2. The molecule has 1 aliphatic rings. The molecule has 6 nitrogen and oxygen atoms in total. The van der Waals surface area contributed by atoms with Crippen LogP contribution in [0.5, 0.6) is 11.5 Å². The monoisotopic (exact) mass is 556 g/mol. The lowest BCUT2D eigenvalue weighted by Crippen LogP contribution is -2.20. The number of nitrogens with one attached hydrogen (secondary N) is 1. The van der Waals surface area contributed by atoms with Crippen molar-refractivity contribution in [3.05, 3.63) is 97.8 Å². The summed E-state index contributed by atoms with van der Waals surface area (Å²) >= 11 is 10.5. The summed E-state index contributed by atoms with van der Waals surface area (Å²) in [6.07, 6.45) is 1.70. The SMILES string of the molecule is COc1cc(/C=C2\SC(=NC(=O)c3ccc(Cl)cc3)NC2=O)cc(Br)c1OCc1ccccc1. The van der Waals surface area contributed by atoms with Gasteiger partial charge in [0.15, 0.2) is 16.7 Å². The summed E-state index contributed by atoms with van der Waals surface area (Å²) in [5, 5.41) is 3.36. The Balaban J connectivity index is 1.51. The van der Waals surface area contributed by atoms with Crippen molar-refractivity contribution in [3.63, 3.8) is 0 Å². The van der Waals surface area contributed by atoms with Gasteiger partial charge in [0.2, 0.25) is 0 Å². The molecule has 1 N–H and O–H groups in total. The number of ether oxygens (including phenoxy) is 2. The summed E-state index contributed by atoms with van der Waals surface area (Å²) in [7, 11) is 1.55. The lowest BCUT2D eigenvalue weighted by Gasteiger charge is -2.13. The zero-order valence-electron chi connectivity index (χ0n) is 17.9. The molecule has 1 heterocycles. The topological polar surface area (TPSA) is 77.0 Å². The molecule has 0 spiro atoms. The van der Waals surface area contributed by atoms with Gasteiger partial charge in [-0.15, -0.1) is 0 Å². The second-order valence-electron chi connectivity index (χ2n) is 7.10. The van der Waals surface area contributed by atoms with Crippen molar-refractivity contribution in [1.29, 1.82) is 0 Å². The maximum Gasteiger partial charge on any atom is 0.279 e. The highest BCUT2D eigenvalue weighted by Gasteiger charge is 2.25. The molecule has 0 aromatic heterocycles. The first-order valence-electron chi connectivity index (χ1n) is 10.1. The van der Waals surface area contributed by atoms with Crippen molar-refractivity contribution in [1.82, 2.24) is 5.32 Å². The van der Waals surface area contributed by atoms with Crippen LogP contribution in [-0.2, 0) is 11.4 Å². The van der Waals surface area contributed by atoms with E-state index in [-0.39, 0.29) is 11.1 Å². The van der Waals surface area contributed by atoms with E-state index in [1.165, 1.54) is 0 Å². The lowest BCUT2D eigenvalue weighted by atomic mass is 10.2. The predicted octanol–water partition coefficient (Wildman–Crippen LogP) is 6.09. The number of amides is 2. The van der Waals surface area contributed by atoms with Crippen LogP contribution in [0.15, 0.2) is 81.1 Å². The standard InChI is InChI=1S/C25H18BrClN2O4S/c1-32-20-12-16(11-19(26)22(20)33-14-15-5-3-2-4-6-15)13-21-24(31)29-25(34-21)28-23(30)17-7-9-18(27)10-8-17/h2-13H,14H2,1H3,(H,28,29,30,31)/b21-13-. The van der Waals surface area contributed by atoms with Gasteiger partial charge in [-0.05, 0) is 81.3 Å². The fourth-order valence-corrected chi connectivity index (χ4v) is 4.59. The molecule has 1 fully saturated rings. The fraction of sp³-hybridized carbons (Fsp3) is 0.0800. The molecular formula is C25H18BrClN2O4S. The van der Waals surface area contributed by atoms with Gasteiger partial charge in [-0.2, -0.15) is 4.99 Å². The zero-order valence-corrected chi connectivity index (χ0v) is 21.0. The Morgan fingerprint density at radius 1 is 1.15 bits per heavy atom. The Labute approximate surface area is 214 Å². The van der Waals surface area contributed by atoms with Crippen LogP contribution in [0.25, 0.3) is 6.08 Å². The molecule has 0 saturated carbocycles. The number of benzene rings is 3. The van der Waals surface area contributed by atoms with Crippen molar-refractivity contribution in [3.8, 4) is 11.5 Å². The number of carbonyl (C=O) groups is 2. The first kappa shape index (κ1) is 24.1. The maximum absolute atomic E-state index is 12.4. The molecule has 3 aromatic carbocycles. The first-order chi connectivity index (χ1) is 16.4. The Hall–Kier alpha value is -3.07. The third-order valence-corrected chi connectivity index (χ3v) is 6.47. The molecule has 0 unspecified atom stereocenters. The summed E-state index contributed by atoms with van der Waals surface area (Å²) in [6, 6.07) is 19.8. The number of carbonyl (C=O) groups excluding carboxylic acids is 2. The number of aliphatic imine (C=N–C) groups is 1. The molecule has 3 aromatic rings. The van der Waals surface area contributed by atoms with E-state index in [1.807, 2.05) is 36.4 Å². The average molecular weight is 558 g/mol. The number of hydrogen-bond acceptors (Lipinski definition) is 5. The lowest BCUT2D eigenvalue weighted by molar-refractivity contribution is -0.115. The van der Waals surface area contributed by atoms with E-state index in [0.29, 0.717) is 38.1 Å². The van der Waals surface area contributed by atoms with Crippen LogP contribution in [0.2, 0.25) is 5.02 Å². The minimum Gasteiger partial charge on any atom is -0.493 e. The molecule has 1 aliphatic heterocycles. The van der Waals surface area contributed by atoms with Crippen LogP contribution in [0.4, 0.5) is 0 Å². The third kappa shape index (κ3) is 5.88. The van der Waals surface area contributed by atoms with Crippen LogP contribution in [0.1, 0.15) is 21.5 Å². The largest absolute Gasteiger partial charge is 0.493 e. The molecule has 0 atom stereocenters. The van der Waals surface area contributed by atoms with E-state index in [4.69, 9.17) is 21.1 Å². The molecular weight excluding hydrogens is 540 g/mol. The number of thioether (sulfide) groups is 1. The summed E-state index contributed by atoms with van der Waals surface area (Å²) in [4.78, 5) is 29.2. The van der Waals surface area contributed by atoms with Crippen molar-refractivity contribution >= 4 is 62.4 Å². The quantitative estimate of drug-likeness (QED) is 0.371. The number of rotatable bonds is 6. The van der Waals surface area contributed by atoms with Gasteiger partial charge in [0, 0.05) is 10.6 Å². The van der Waals surface area contributed by atoms with Gasteiger partial charge >= 0.3 is 0 Å². The van der Waals surface area contributed by atoms with Crippen LogP contribution in [0.3, 0.4) is 0 Å². The number of methoxy groups -OCH3 is 1. The van der Waals surface area contributed by atoms with Gasteiger partial charge in [-0.1, -0.05) is 41.9 Å². The molecule has 4 rings (SSSR count). The van der Waals surface area contributed by atoms with Crippen LogP contribution < -0.4 is 14.8 Å². The third-order valence-electron chi connectivity index (χ3n) is 4.72. The van der Waals surface area contributed by atoms with Crippen molar-refractivity contribution < 1.29 is 19.1 Å². The second-order valence-corrected chi connectivity index (χ2v) is 9.42. The highest BCUT2D eigenvalue weighted by Crippen LogP contribution is 2.38. The number of amidine groups is 1. The van der Waals surface area contributed by atoms with Crippen molar-refractivity contribution in [2.24, 2.45) is 4.99 Å². The average Bonchev–Trinajstić information content (AvgIpc) is 3.17. The van der Waals surface area contributed by atoms with E-state index < -0.39 is 5.91 Å². The smallest absolute Gasteiger partial charge is 0.279 e. The fourth-order valence-electron chi connectivity index (χ4n) is 3.07. The highest BCUT2D eigenvalue weighted by atomic mass is 79.9. The van der Waals surface area contributed by atoms with E-state index in [2.05, 4.69) is 26.2 Å². The normalized spacial score (nSPS) is 15.4. The number of halogens is 2. The van der Waals surface area contributed by atoms with Crippen molar-refractivity contribution in [2.75, 3.05) is 7.11 Å². The molecule has 0 radical (unpaired) electrons. The van der Waals surface area contributed by atoms with Gasteiger partial charge in [0.05, 0.1) is 16.5 Å². The molecule has 172 valence electrons. The Morgan fingerprint density at radius 3 is 2.59 bits per heavy atom. The molecule has 0 bridgehead atoms. The second kappa shape index (κ2) is 10.9. The first-order valence-corrected chi connectivity index (χ1v) is 12.1. The Morgan fingerprint density at radius 2 is 1.88 bits per heavy atom. The molecule has 34 heavy (non-hydrogen) atoms. The zero-order chi connectivity index (χ0) is 24.1. The summed E-state index contributed by atoms with van der Waals surface area (Å²) in [6.45, 7) is 0.385. The molecule has 2 amide bonds. The molecule has 0 aliphatic carbocycles. The molecule has 1 saturated heterocycles. The minimum atomic E-state index is -0.468. The van der Waals surface area contributed by atoms with E-state index >= 15 is 0 Å². The van der Waals surface area contributed by atoms with Gasteiger partial charge in [-0.25, -0.2) is 0 Å². The van der Waals surface area contributed by atoms with Gasteiger partial charge in [-0.3, -0.25) is 9.59 Å². The van der Waals surface area contributed by atoms with Gasteiger partial charge in [0.1, 0.15) is 6.61 Å². The van der Waals surface area contributed by atoms with E-state index in [9.17, 15) is 9.59 Å². The van der Waals surface area contributed by atoms with E-state index in [1.54, 1.807) is 43.5 Å². The van der Waals surface area contributed by atoms with Gasteiger partial charge < -0.3 is 14.8 Å². The predicted molar refractivity (Wildman–Crippen MR) is 138 cm³/mol. The van der Waals surface area contributed by atoms with Gasteiger partial charge in [0.25, 0.3) is 11.8 Å². The summed E-state index contributed by atoms with van der Waals surface area (Å²) in [5.41, 5.74) is 2.13.